The Morgan fingerprint density at radius 3 is 2.95 bits per heavy atom. The Hall–Kier alpha value is -1.24. The Bertz CT molecular complexity index is 681. The maximum atomic E-state index is 12.3. The molecule has 2 rings (SSSR count). The van der Waals surface area contributed by atoms with Crippen LogP contribution in [0.25, 0.3) is 4.96 Å². The van der Waals surface area contributed by atoms with Crippen LogP contribution in [0.1, 0.15) is 0 Å². The first-order valence-corrected chi connectivity index (χ1v) is 8.45. The van der Waals surface area contributed by atoms with Crippen LogP contribution >= 0.6 is 11.3 Å². The van der Waals surface area contributed by atoms with Crippen molar-refractivity contribution in [3.63, 3.8) is 0 Å². The van der Waals surface area contributed by atoms with Gasteiger partial charge in [-0.3, -0.25) is 4.40 Å². The largest absolute Gasteiger partial charge is 0.382 e. The molecule has 0 bridgehead atoms. The van der Waals surface area contributed by atoms with E-state index >= 15 is 0 Å². The van der Waals surface area contributed by atoms with E-state index in [1.165, 1.54) is 15.7 Å². The average molecular weight is 335 g/mol. The van der Waals surface area contributed by atoms with Gasteiger partial charge in [0.15, 0.2) is 10.8 Å². The SMILES string of the molecule is COCCOCCNS(=O)(=O)c1c(NN)nc2sccn12. The van der Waals surface area contributed by atoms with Gasteiger partial charge in [0.05, 0.1) is 19.8 Å². The minimum absolute atomic E-state index is 0.0156. The molecule has 2 heterocycles. The lowest BCUT2D eigenvalue weighted by Gasteiger charge is -2.08. The smallest absolute Gasteiger partial charge is 0.260 e. The number of thiazole rings is 1. The number of nitrogen functional groups attached to an aromatic ring is 1. The first kappa shape index (κ1) is 16.1. The van der Waals surface area contributed by atoms with Gasteiger partial charge >= 0.3 is 0 Å². The molecule has 0 fully saturated rings. The first-order valence-electron chi connectivity index (χ1n) is 6.08. The summed E-state index contributed by atoms with van der Waals surface area (Å²) < 4.78 is 38.6. The van der Waals surface area contributed by atoms with Gasteiger partial charge in [-0.05, 0) is 0 Å². The second-order valence-corrected chi connectivity index (χ2v) is 6.52. The highest BCUT2D eigenvalue weighted by Crippen LogP contribution is 2.24. The number of nitrogens with zero attached hydrogens (tertiary/aromatic N) is 2. The first-order chi connectivity index (χ1) is 10.1. The molecule has 0 aliphatic rings. The molecule has 0 atom stereocenters. The number of anilines is 1. The molecule has 118 valence electrons. The number of aromatic nitrogens is 2. The zero-order valence-corrected chi connectivity index (χ0v) is 13.0. The van der Waals surface area contributed by atoms with Gasteiger partial charge in [0.2, 0.25) is 5.03 Å². The Balaban J connectivity index is 2.05. The van der Waals surface area contributed by atoms with Crippen LogP contribution in [0.4, 0.5) is 5.82 Å². The quantitative estimate of drug-likeness (QED) is 0.325. The lowest BCUT2D eigenvalue weighted by Crippen LogP contribution is -2.29. The predicted octanol–water partition coefficient (Wildman–Crippen LogP) is -0.377. The van der Waals surface area contributed by atoms with Crippen molar-refractivity contribution in [2.24, 2.45) is 5.84 Å². The summed E-state index contributed by atoms with van der Waals surface area (Å²) in [7, 11) is -2.18. The molecule has 21 heavy (non-hydrogen) atoms. The van der Waals surface area contributed by atoms with E-state index in [2.05, 4.69) is 15.1 Å². The number of methoxy groups -OCH3 is 1. The minimum Gasteiger partial charge on any atom is -0.382 e. The van der Waals surface area contributed by atoms with Crippen LogP contribution < -0.4 is 16.0 Å². The zero-order valence-electron chi connectivity index (χ0n) is 11.4. The summed E-state index contributed by atoms with van der Waals surface area (Å²) in [6.07, 6.45) is 1.62. The number of hydrogen-bond acceptors (Lipinski definition) is 8. The lowest BCUT2D eigenvalue weighted by atomic mass is 10.7. The van der Waals surface area contributed by atoms with Crippen LogP contribution in [0, 0.1) is 0 Å². The molecule has 0 aromatic carbocycles. The third-order valence-electron chi connectivity index (χ3n) is 2.58. The molecule has 2 aromatic rings. The molecule has 0 spiro atoms. The Kier molecular flexibility index (Phi) is 5.50. The fraction of sp³-hybridized carbons (Fsp3) is 0.500. The highest BCUT2D eigenvalue weighted by atomic mass is 32.2. The van der Waals surface area contributed by atoms with Gasteiger partial charge < -0.3 is 14.9 Å². The summed E-state index contributed by atoms with van der Waals surface area (Å²) in [6.45, 7) is 1.27. The Morgan fingerprint density at radius 2 is 2.24 bits per heavy atom. The summed E-state index contributed by atoms with van der Waals surface area (Å²) >= 11 is 1.32. The summed E-state index contributed by atoms with van der Waals surface area (Å²) in [5, 5.41) is 1.73. The van der Waals surface area contributed by atoms with E-state index in [1.54, 1.807) is 18.7 Å². The number of fused-ring (bicyclic) bond motifs is 1. The molecule has 0 aliphatic carbocycles. The van der Waals surface area contributed by atoms with Crippen LogP contribution in [0.2, 0.25) is 0 Å². The van der Waals surface area contributed by atoms with E-state index in [0.29, 0.717) is 18.2 Å². The monoisotopic (exact) mass is 335 g/mol. The molecule has 0 amide bonds. The normalized spacial score (nSPS) is 12.1. The number of nitrogens with two attached hydrogens (primary N) is 1. The molecule has 0 saturated heterocycles. The van der Waals surface area contributed by atoms with Crippen molar-refractivity contribution < 1.29 is 17.9 Å². The molecule has 9 nitrogen and oxygen atoms in total. The molecule has 2 aromatic heterocycles. The van der Waals surface area contributed by atoms with Crippen molar-refractivity contribution in [1.29, 1.82) is 0 Å². The van der Waals surface area contributed by atoms with Crippen LogP contribution in [-0.2, 0) is 19.5 Å². The maximum absolute atomic E-state index is 12.3. The Labute approximate surface area is 126 Å². The van der Waals surface area contributed by atoms with E-state index in [4.69, 9.17) is 15.3 Å². The molecule has 11 heteroatoms. The summed E-state index contributed by atoms with van der Waals surface area (Å²) in [5.41, 5.74) is 2.30. The van der Waals surface area contributed by atoms with E-state index < -0.39 is 10.0 Å². The van der Waals surface area contributed by atoms with Crippen LogP contribution in [0.15, 0.2) is 16.6 Å². The van der Waals surface area contributed by atoms with Gasteiger partial charge in [0, 0.05) is 25.2 Å². The summed E-state index contributed by atoms with van der Waals surface area (Å²) in [4.78, 5) is 4.65. The molecular weight excluding hydrogens is 318 g/mol. The van der Waals surface area contributed by atoms with Crippen molar-refractivity contribution in [1.82, 2.24) is 14.1 Å². The van der Waals surface area contributed by atoms with E-state index in [9.17, 15) is 8.42 Å². The van der Waals surface area contributed by atoms with Crippen molar-refractivity contribution in [3.05, 3.63) is 11.6 Å². The van der Waals surface area contributed by atoms with Crippen molar-refractivity contribution in [3.8, 4) is 0 Å². The molecule has 0 unspecified atom stereocenters. The Morgan fingerprint density at radius 1 is 1.43 bits per heavy atom. The molecule has 0 radical (unpaired) electrons. The van der Waals surface area contributed by atoms with Gasteiger partial charge in [0.25, 0.3) is 10.0 Å². The van der Waals surface area contributed by atoms with E-state index in [-0.39, 0.29) is 24.0 Å². The van der Waals surface area contributed by atoms with Crippen molar-refractivity contribution in [2.75, 3.05) is 38.9 Å². The number of rotatable bonds is 9. The van der Waals surface area contributed by atoms with Gasteiger partial charge in [-0.1, -0.05) is 0 Å². The number of sulfonamides is 1. The van der Waals surface area contributed by atoms with Gasteiger partial charge in [0.1, 0.15) is 0 Å². The summed E-state index contributed by atoms with van der Waals surface area (Å²) in [5.74, 6) is 5.43. The van der Waals surface area contributed by atoms with E-state index in [0.717, 1.165) is 0 Å². The molecule has 4 N–H and O–H groups in total. The minimum atomic E-state index is -3.75. The summed E-state index contributed by atoms with van der Waals surface area (Å²) in [6, 6.07) is 0. The van der Waals surface area contributed by atoms with Gasteiger partial charge in [-0.25, -0.2) is 19.0 Å². The number of hydrogen-bond donors (Lipinski definition) is 3. The van der Waals surface area contributed by atoms with Crippen molar-refractivity contribution in [2.45, 2.75) is 5.03 Å². The highest BCUT2D eigenvalue weighted by Gasteiger charge is 2.25. The lowest BCUT2D eigenvalue weighted by molar-refractivity contribution is 0.0736. The number of hydrazine groups is 1. The van der Waals surface area contributed by atoms with Crippen LogP contribution in [-0.4, -0.2) is 51.3 Å². The number of nitrogens with one attached hydrogen (secondary N) is 2. The van der Waals surface area contributed by atoms with Crippen molar-refractivity contribution >= 4 is 32.1 Å². The molecule has 0 saturated carbocycles. The topological polar surface area (TPSA) is 120 Å². The zero-order chi connectivity index (χ0) is 15.3. The third-order valence-corrected chi connectivity index (χ3v) is 4.82. The van der Waals surface area contributed by atoms with Crippen LogP contribution in [0.5, 0.6) is 0 Å². The van der Waals surface area contributed by atoms with E-state index in [1.807, 2.05) is 0 Å². The highest BCUT2D eigenvalue weighted by molar-refractivity contribution is 7.89. The number of imidazole rings is 1. The third kappa shape index (κ3) is 3.70. The second-order valence-electron chi connectivity index (χ2n) is 3.97. The molecule has 0 aliphatic heterocycles. The standard InChI is InChI=1S/C10H17N5O4S2/c1-18-5-6-19-4-2-12-21(16,17)9-8(14-11)13-10-15(9)3-7-20-10/h3,7,12,14H,2,4-6,11H2,1H3. The average Bonchev–Trinajstić information content (AvgIpc) is 3.02. The maximum Gasteiger partial charge on any atom is 0.260 e. The van der Waals surface area contributed by atoms with Gasteiger partial charge in [-0.15, -0.1) is 11.3 Å². The predicted molar refractivity (Wildman–Crippen MR) is 78.8 cm³/mol. The fourth-order valence-electron chi connectivity index (χ4n) is 1.68. The number of ether oxygens (including phenoxy) is 2. The fourth-order valence-corrected chi connectivity index (χ4v) is 3.70. The van der Waals surface area contributed by atoms with Crippen LogP contribution in [0.3, 0.4) is 0 Å². The van der Waals surface area contributed by atoms with Gasteiger partial charge in [-0.2, -0.15) is 4.98 Å². The molecular formula is C10H17N5O4S2. The second kappa shape index (κ2) is 7.15.